The Hall–Kier alpha value is -1.01. The minimum atomic E-state index is -5.83. The van der Waals surface area contributed by atoms with Gasteiger partial charge in [-0.3, -0.25) is 4.79 Å². The second kappa shape index (κ2) is 6.18. The molecule has 0 aliphatic carbocycles. The maximum Gasteiger partial charge on any atom is 0.351 e. The molecular formula is C10H9F2INO5S-. The third kappa shape index (κ3) is 3.99. The molecule has 0 aromatic heterocycles. The molecule has 1 aromatic carbocycles. The van der Waals surface area contributed by atoms with Crippen LogP contribution in [-0.4, -0.2) is 37.8 Å². The number of ether oxygens (including phenoxy) is 1. The Labute approximate surface area is 127 Å². The molecule has 0 aliphatic rings. The molecule has 10 heteroatoms. The largest absolute Gasteiger partial charge is 0.743 e. The third-order valence-corrected chi connectivity index (χ3v) is 3.78. The quantitative estimate of drug-likeness (QED) is 0.570. The van der Waals surface area contributed by atoms with Gasteiger partial charge in [0.1, 0.15) is 5.75 Å². The normalized spacial score (nSPS) is 12.1. The molecule has 0 spiro atoms. The molecule has 0 unspecified atom stereocenters. The Bertz CT molecular complexity index is 620. The zero-order chi connectivity index (χ0) is 15.6. The highest BCUT2D eigenvalue weighted by atomic mass is 127. The van der Waals surface area contributed by atoms with Crippen molar-refractivity contribution in [1.29, 1.82) is 0 Å². The van der Waals surface area contributed by atoms with Gasteiger partial charge in [-0.25, -0.2) is 8.42 Å². The van der Waals surface area contributed by atoms with Crippen molar-refractivity contribution in [2.45, 2.75) is 5.25 Å². The van der Waals surface area contributed by atoms with Gasteiger partial charge >= 0.3 is 5.25 Å². The summed E-state index contributed by atoms with van der Waals surface area (Å²) in [5.41, 5.74) is -0.0491. The van der Waals surface area contributed by atoms with E-state index in [0.717, 1.165) is 3.57 Å². The van der Waals surface area contributed by atoms with Gasteiger partial charge in [0.05, 0.1) is 19.2 Å². The molecule has 0 radical (unpaired) electrons. The summed E-state index contributed by atoms with van der Waals surface area (Å²) in [5.74, 6) is -0.829. The summed E-state index contributed by atoms with van der Waals surface area (Å²) in [6.07, 6.45) is 0. The van der Waals surface area contributed by atoms with Crippen molar-refractivity contribution in [2.24, 2.45) is 0 Å². The van der Waals surface area contributed by atoms with Gasteiger partial charge in [0, 0.05) is 3.57 Å². The van der Waals surface area contributed by atoms with Crippen molar-refractivity contribution in [2.75, 3.05) is 13.7 Å². The number of amides is 1. The lowest BCUT2D eigenvalue weighted by atomic mass is 10.2. The Morgan fingerprint density at radius 2 is 2.10 bits per heavy atom. The predicted molar refractivity (Wildman–Crippen MR) is 72.7 cm³/mol. The van der Waals surface area contributed by atoms with Crippen LogP contribution in [0.3, 0.4) is 0 Å². The maximum atomic E-state index is 12.9. The van der Waals surface area contributed by atoms with Crippen LogP contribution >= 0.6 is 22.6 Å². The van der Waals surface area contributed by atoms with Crippen molar-refractivity contribution < 1.29 is 31.3 Å². The first-order valence-electron chi connectivity index (χ1n) is 5.03. The Balaban J connectivity index is 2.88. The molecule has 0 bridgehead atoms. The van der Waals surface area contributed by atoms with Crippen LogP contribution in [0.5, 0.6) is 5.75 Å². The van der Waals surface area contributed by atoms with E-state index in [1.165, 1.54) is 19.2 Å². The highest BCUT2D eigenvalue weighted by Gasteiger charge is 2.38. The van der Waals surface area contributed by atoms with Crippen LogP contribution in [0.1, 0.15) is 10.4 Å². The molecule has 0 saturated carbocycles. The van der Waals surface area contributed by atoms with Gasteiger partial charge < -0.3 is 14.6 Å². The molecule has 0 atom stereocenters. The number of alkyl halides is 2. The third-order valence-electron chi connectivity index (χ3n) is 2.23. The minimum absolute atomic E-state index is 0.0491. The average Bonchev–Trinajstić information content (AvgIpc) is 2.34. The SMILES string of the molecule is COc1cc(I)ccc1C(=O)NCC(F)(F)S(=O)(=O)[O-]. The van der Waals surface area contributed by atoms with Crippen molar-refractivity contribution in [3.63, 3.8) is 0 Å². The zero-order valence-corrected chi connectivity index (χ0v) is 13.0. The number of rotatable bonds is 5. The molecule has 1 aromatic rings. The van der Waals surface area contributed by atoms with Crippen LogP contribution in [0, 0.1) is 3.57 Å². The summed E-state index contributed by atoms with van der Waals surface area (Å²) in [5, 5.41) is -2.88. The fourth-order valence-corrected chi connectivity index (χ4v) is 1.93. The number of hydrogen-bond donors (Lipinski definition) is 1. The van der Waals surface area contributed by atoms with Crippen LogP contribution in [0.25, 0.3) is 0 Å². The first kappa shape index (κ1) is 17.0. The smallest absolute Gasteiger partial charge is 0.351 e. The molecule has 0 saturated heterocycles. The lowest BCUT2D eigenvalue weighted by Gasteiger charge is -2.20. The highest BCUT2D eigenvalue weighted by molar-refractivity contribution is 14.1. The molecule has 112 valence electrons. The van der Waals surface area contributed by atoms with Crippen molar-refractivity contribution in [3.05, 3.63) is 27.3 Å². The molecule has 0 heterocycles. The van der Waals surface area contributed by atoms with Gasteiger partial charge in [0.25, 0.3) is 5.91 Å². The summed E-state index contributed by atoms with van der Waals surface area (Å²) >= 11 is 1.96. The fraction of sp³-hybridized carbons (Fsp3) is 0.300. The molecule has 1 N–H and O–H groups in total. The number of benzene rings is 1. The van der Waals surface area contributed by atoms with Gasteiger partial charge in [0.15, 0.2) is 10.1 Å². The Morgan fingerprint density at radius 1 is 1.50 bits per heavy atom. The van der Waals surface area contributed by atoms with Gasteiger partial charge in [-0.1, -0.05) is 0 Å². The van der Waals surface area contributed by atoms with Gasteiger partial charge in [0.2, 0.25) is 0 Å². The van der Waals surface area contributed by atoms with E-state index in [4.69, 9.17) is 4.74 Å². The lowest BCUT2D eigenvalue weighted by molar-refractivity contribution is 0.0690. The molecule has 20 heavy (non-hydrogen) atoms. The van der Waals surface area contributed by atoms with E-state index in [9.17, 15) is 26.5 Å². The molecule has 1 rings (SSSR count). The average molecular weight is 420 g/mol. The van der Waals surface area contributed by atoms with Crippen molar-refractivity contribution in [1.82, 2.24) is 5.32 Å². The lowest BCUT2D eigenvalue weighted by Crippen LogP contribution is -2.42. The first-order chi connectivity index (χ1) is 9.08. The number of hydrogen-bond acceptors (Lipinski definition) is 5. The predicted octanol–water partition coefficient (Wildman–Crippen LogP) is 1.17. The second-order valence-corrected chi connectivity index (χ2v) is 6.37. The van der Waals surface area contributed by atoms with Gasteiger partial charge in [-0.2, -0.15) is 8.78 Å². The fourth-order valence-electron chi connectivity index (χ4n) is 1.22. The zero-order valence-electron chi connectivity index (χ0n) is 10.0. The standard InChI is InChI=1S/C10H10F2INO5S/c1-19-8-4-6(13)2-3-7(8)9(15)14-5-10(11,12)20(16,17)18/h2-4H,5H2,1H3,(H,14,15)(H,16,17,18)/p-1. The molecule has 0 aliphatic heterocycles. The number of carbonyl (C=O) groups excluding carboxylic acids is 1. The van der Waals surface area contributed by atoms with E-state index >= 15 is 0 Å². The number of halogens is 3. The monoisotopic (exact) mass is 420 g/mol. The van der Waals surface area contributed by atoms with E-state index in [1.54, 1.807) is 11.4 Å². The molecule has 1 amide bonds. The second-order valence-electron chi connectivity index (χ2n) is 3.62. The number of carbonyl (C=O) groups is 1. The summed E-state index contributed by atoms with van der Waals surface area (Å²) < 4.78 is 62.3. The summed E-state index contributed by atoms with van der Waals surface area (Å²) in [6.45, 7) is -1.60. The van der Waals surface area contributed by atoms with Crippen LogP contribution < -0.4 is 10.1 Å². The van der Waals surface area contributed by atoms with Crippen LogP contribution in [0.15, 0.2) is 18.2 Å². The Kier molecular flexibility index (Phi) is 5.27. The van der Waals surface area contributed by atoms with Crippen LogP contribution in [0.4, 0.5) is 8.78 Å². The van der Waals surface area contributed by atoms with Crippen molar-refractivity contribution in [3.8, 4) is 5.75 Å². The van der Waals surface area contributed by atoms with Crippen molar-refractivity contribution >= 4 is 38.6 Å². The number of nitrogens with one attached hydrogen (secondary N) is 1. The minimum Gasteiger partial charge on any atom is -0.743 e. The Morgan fingerprint density at radius 3 is 2.60 bits per heavy atom. The topological polar surface area (TPSA) is 95.5 Å². The summed E-state index contributed by atoms with van der Waals surface area (Å²) in [6, 6.07) is 4.37. The molecule has 6 nitrogen and oxygen atoms in total. The van der Waals surface area contributed by atoms with Crippen LogP contribution in [0.2, 0.25) is 0 Å². The number of methoxy groups -OCH3 is 1. The molecule has 0 fully saturated rings. The van der Waals surface area contributed by atoms with Crippen LogP contribution in [-0.2, 0) is 10.1 Å². The van der Waals surface area contributed by atoms with E-state index in [1.807, 2.05) is 22.6 Å². The van der Waals surface area contributed by atoms with E-state index in [-0.39, 0.29) is 11.3 Å². The first-order valence-corrected chi connectivity index (χ1v) is 7.52. The van der Waals surface area contributed by atoms with E-state index < -0.39 is 27.8 Å². The highest BCUT2D eigenvalue weighted by Crippen LogP contribution is 2.22. The maximum absolute atomic E-state index is 12.9. The summed E-state index contributed by atoms with van der Waals surface area (Å²) in [4.78, 5) is 11.7. The van der Waals surface area contributed by atoms with Gasteiger partial charge in [-0.05, 0) is 40.8 Å². The molecular weight excluding hydrogens is 411 g/mol. The van der Waals surface area contributed by atoms with Gasteiger partial charge in [-0.15, -0.1) is 0 Å². The van der Waals surface area contributed by atoms with E-state index in [2.05, 4.69) is 0 Å². The summed E-state index contributed by atoms with van der Waals surface area (Å²) in [7, 11) is -4.54. The van der Waals surface area contributed by atoms with E-state index in [0.29, 0.717) is 0 Å².